The van der Waals surface area contributed by atoms with Crippen LogP contribution in [-0.4, -0.2) is 36.6 Å². The van der Waals surface area contributed by atoms with Crippen LogP contribution in [0.5, 0.6) is 0 Å². The quantitative estimate of drug-likeness (QED) is 0.648. The lowest BCUT2D eigenvalue weighted by Gasteiger charge is -2.13. The van der Waals surface area contributed by atoms with Gasteiger partial charge in [0.15, 0.2) is 0 Å². The second-order valence-electron chi connectivity index (χ2n) is 2.32. The number of nitrogens with zero attached hydrogens (tertiary/aromatic N) is 1. The van der Waals surface area contributed by atoms with Crippen LogP contribution in [0.1, 0.15) is 20.8 Å². The summed E-state index contributed by atoms with van der Waals surface area (Å²) in [5, 5.41) is 8.51. The molecule has 1 N–H and O–H groups in total. The van der Waals surface area contributed by atoms with E-state index in [-0.39, 0.29) is 18.4 Å². The summed E-state index contributed by atoms with van der Waals surface area (Å²) in [6.07, 6.45) is 0. The first-order valence-electron chi connectivity index (χ1n) is 3.91. The van der Waals surface area contributed by atoms with E-state index < -0.39 is 0 Å². The van der Waals surface area contributed by atoms with Crippen LogP contribution in [0.25, 0.3) is 0 Å². The van der Waals surface area contributed by atoms with E-state index in [1.54, 1.807) is 21.0 Å². The summed E-state index contributed by atoms with van der Waals surface area (Å²) in [6.45, 7) is 5.62. The number of carbonyl (C=O) groups excluding carboxylic acids is 1. The minimum Gasteiger partial charge on any atom is -0.396 e. The summed E-state index contributed by atoms with van der Waals surface area (Å²) in [7, 11) is 3.35. The summed E-state index contributed by atoms with van der Waals surface area (Å²) in [5.74, 6) is -0.294. The van der Waals surface area contributed by atoms with Crippen molar-refractivity contribution in [2.24, 2.45) is 5.92 Å². The topological polar surface area (TPSA) is 40.5 Å². The van der Waals surface area contributed by atoms with Crippen molar-refractivity contribution in [3.8, 4) is 0 Å². The number of aliphatic hydroxyl groups excluding tert-OH is 1. The molecule has 1 amide bonds. The number of rotatable bonds is 2. The summed E-state index contributed by atoms with van der Waals surface area (Å²) < 4.78 is 0. The molecule has 0 rings (SSSR count). The summed E-state index contributed by atoms with van der Waals surface area (Å²) >= 11 is 0. The Morgan fingerprint density at radius 3 is 1.91 bits per heavy atom. The average Bonchev–Trinajstić information content (AvgIpc) is 2.05. The Hall–Kier alpha value is -0.570. The van der Waals surface area contributed by atoms with Gasteiger partial charge in [-0.05, 0) is 0 Å². The van der Waals surface area contributed by atoms with Gasteiger partial charge in [0.1, 0.15) is 0 Å². The van der Waals surface area contributed by atoms with Gasteiger partial charge in [-0.1, -0.05) is 20.8 Å². The lowest BCUT2D eigenvalue weighted by Crippen LogP contribution is -2.29. The fraction of sp³-hybridized carbons (Fsp3) is 0.875. The van der Waals surface area contributed by atoms with Gasteiger partial charge in [0, 0.05) is 14.1 Å². The van der Waals surface area contributed by atoms with Gasteiger partial charge >= 0.3 is 0 Å². The Kier molecular flexibility index (Phi) is 8.94. The highest BCUT2D eigenvalue weighted by atomic mass is 16.3. The van der Waals surface area contributed by atoms with Crippen molar-refractivity contribution >= 4 is 5.91 Å². The molecule has 0 spiro atoms. The molecular weight excluding hydrogens is 142 g/mol. The molecule has 3 heteroatoms. The third kappa shape index (κ3) is 5.85. The molecule has 0 fully saturated rings. The van der Waals surface area contributed by atoms with Gasteiger partial charge < -0.3 is 10.0 Å². The average molecular weight is 161 g/mol. The molecule has 1 atom stereocenters. The van der Waals surface area contributed by atoms with E-state index in [0.717, 1.165) is 0 Å². The highest BCUT2D eigenvalue weighted by Gasteiger charge is 2.12. The Morgan fingerprint density at radius 2 is 1.82 bits per heavy atom. The largest absolute Gasteiger partial charge is 0.396 e. The normalized spacial score (nSPS) is 11.1. The molecule has 11 heavy (non-hydrogen) atoms. The van der Waals surface area contributed by atoms with E-state index in [1.807, 2.05) is 13.8 Å². The molecule has 68 valence electrons. The second-order valence-corrected chi connectivity index (χ2v) is 2.32. The van der Waals surface area contributed by atoms with E-state index in [0.29, 0.717) is 0 Å². The first-order chi connectivity index (χ1) is 5.09. The molecule has 0 radical (unpaired) electrons. The highest BCUT2D eigenvalue weighted by molar-refractivity contribution is 5.77. The Morgan fingerprint density at radius 1 is 1.45 bits per heavy atom. The van der Waals surface area contributed by atoms with Crippen LogP contribution in [0.15, 0.2) is 0 Å². The molecule has 0 saturated carbocycles. The van der Waals surface area contributed by atoms with E-state index in [2.05, 4.69) is 0 Å². The minimum absolute atomic E-state index is 0.0301. The maximum absolute atomic E-state index is 10.8. The SMILES string of the molecule is CC.CC(CO)C(=O)N(C)C. The van der Waals surface area contributed by atoms with Crippen molar-refractivity contribution in [2.75, 3.05) is 20.7 Å². The zero-order chi connectivity index (χ0) is 9.44. The van der Waals surface area contributed by atoms with Crippen LogP contribution in [0.2, 0.25) is 0 Å². The van der Waals surface area contributed by atoms with Crippen LogP contribution < -0.4 is 0 Å². The number of hydrogen-bond acceptors (Lipinski definition) is 2. The highest BCUT2D eigenvalue weighted by Crippen LogP contribution is 1.95. The molecular formula is C8H19NO2. The van der Waals surface area contributed by atoms with Gasteiger partial charge in [0.05, 0.1) is 12.5 Å². The smallest absolute Gasteiger partial charge is 0.227 e. The zero-order valence-corrected chi connectivity index (χ0v) is 8.09. The van der Waals surface area contributed by atoms with Crippen LogP contribution >= 0.6 is 0 Å². The molecule has 0 aliphatic carbocycles. The predicted molar refractivity (Wildman–Crippen MR) is 46.3 cm³/mol. The maximum Gasteiger partial charge on any atom is 0.227 e. The van der Waals surface area contributed by atoms with Gasteiger partial charge in [-0.15, -0.1) is 0 Å². The van der Waals surface area contributed by atoms with Crippen molar-refractivity contribution in [2.45, 2.75) is 20.8 Å². The lowest BCUT2D eigenvalue weighted by atomic mass is 10.2. The lowest BCUT2D eigenvalue weighted by molar-refractivity contribution is -0.133. The summed E-state index contributed by atoms with van der Waals surface area (Å²) in [5.41, 5.74) is 0. The predicted octanol–water partition coefficient (Wildman–Crippen LogP) is 0.729. The van der Waals surface area contributed by atoms with Gasteiger partial charge in [0.25, 0.3) is 0 Å². The summed E-state index contributed by atoms with van der Waals surface area (Å²) in [4.78, 5) is 12.3. The molecule has 0 aromatic rings. The van der Waals surface area contributed by atoms with Crippen LogP contribution in [0, 0.1) is 5.92 Å². The molecule has 0 aliphatic rings. The van der Waals surface area contributed by atoms with Crippen LogP contribution in [0.3, 0.4) is 0 Å². The Labute approximate surface area is 69.0 Å². The van der Waals surface area contributed by atoms with Crippen molar-refractivity contribution in [1.82, 2.24) is 4.90 Å². The van der Waals surface area contributed by atoms with E-state index in [4.69, 9.17) is 5.11 Å². The third-order valence-corrected chi connectivity index (χ3v) is 1.14. The molecule has 1 unspecified atom stereocenters. The molecule has 0 saturated heterocycles. The fourth-order valence-corrected chi connectivity index (χ4v) is 0.519. The standard InChI is InChI=1S/C6H13NO2.C2H6/c1-5(4-8)6(9)7(2)3;1-2/h5,8H,4H2,1-3H3;1-2H3. The second kappa shape index (κ2) is 7.54. The van der Waals surface area contributed by atoms with Crippen molar-refractivity contribution < 1.29 is 9.90 Å². The van der Waals surface area contributed by atoms with Crippen molar-refractivity contribution in [3.63, 3.8) is 0 Å². The Bertz CT molecular complexity index is 102. The molecule has 0 bridgehead atoms. The zero-order valence-electron chi connectivity index (χ0n) is 8.09. The molecule has 0 aromatic heterocycles. The van der Waals surface area contributed by atoms with Crippen molar-refractivity contribution in [1.29, 1.82) is 0 Å². The van der Waals surface area contributed by atoms with E-state index >= 15 is 0 Å². The third-order valence-electron chi connectivity index (χ3n) is 1.14. The van der Waals surface area contributed by atoms with E-state index in [9.17, 15) is 4.79 Å². The monoisotopic (exact) mass is 161 g/mol. The van der Waals surface area contributed by atoms with Gasteiger partial charge in [-0.25, -0.2) is 0 Å². The molecule has 0 aromatic carbocycles. The first kappa shape index (κ1) is 13.1. The van der Waals surface area contributed by atoms with E-state index in [1.165, 1.54) is 4.90 Å². The van der Waals surface area contributed by atoms with Gasteiger partial charge in [-0.3, -0.25) is 4.79 Å². The number of amides is 1. The number of hydrogen-bond donors (Lipinski definition) is 1. The maximum atomic E-state index is 10.8. The van der Waals surface area contributed by atoms with Gasteiger partial charge in [0.2, 0.25) is 5.91 Å². The van der Waals surface area contributed by atoms with Crippen LogP contribution in [0.4, 0.5) is 0 Å². The fourth-order valence-electron chi connectivity index (χ4n) is 0.519. The van der Waals surface area contributed by atoms with Crippen molar-refractivity contribution in [3.05, 3.63) is 0 Å². The van der Waals surface area contributed by atoms with Gasteiger partial charge in [-0.2, -0.15) is 0 Å². The minimum atomic E-state index is -0.264. The van der Waals surface area contributed by atoms with Crippen LogP contribution in [-0.2, 0) is 4.79 Å². The molecule has 0 aliphatic heterocycles. The number of carbonyl (C=O) groups is 1. The molecule has 0 heterocycles. The Balaban J connectivity index is 0. The summed E-state index contributed by atoms with van der Waals surface area (Å²) in [6, 6.07) is 0. The first-order valence-corrected chi connectivity index (χ1v) is 3.91. The number of aliphatic hydroxyl groups is 1. The molecule has 3 nitrogen and oxygen atoms in total.